The van der Waals surface area contributed by atoms with Crippen LogP contribution in [-0.4, -0.2) is 21.1 Å². The Morgan fingerprint density at radius 3 is 2.67 bits per heavy atom. The van der Waals surface area contributed by atoms with E-state index in [2.05, 4.69) is 5.32 Å². The first-order valence-corrected chi connectivity index (χ1v) is 8.76. The number of rotatable bonds is 4. The largest absolute Gasteiger partial charge is 0.454 e. The summed E-state index contributed by atoms with van der Waals surface area (Å²) in [5.41, 5.74) is 0.829. The van der Waals surface area contributed by atoms with Crippen molar-refractivity contribution >= 4 is 27.5 Å². The summed E-state index contributed by atoms with van der Waals surface area (Å²) >= 11 is 5.97. The lowest BCUT2D eigenvalue weighted by Crippen LogP contribution is -2.23. The first-order chi connectivity index (χ1) is 11.3. The van der Waals surface area contributed by atoms with Gasteiger partial charge < -0.3 is 14.8 Å². The Hall–Kier alpha value is -2.29. The summed E-state index contributed by atoms with van der Waals surface area (Å²) in [6, 6.07) is 9.00. The van der Waals surface area contributed by atoms with Gasteiger partial charge in [-0.05, 0) is 35.9 Å². The molecule has 3 rings (SSSR count). The van der Waals surface area contributed by atoms with Crippen LogP contribution in [0.4, 0.5) is 0 Å². The smallest absolute Gasteiger partial charge is 0.253 e. The molecule has 0 bridgehead atoms. The Morgan fingerprint density at radius 1 is 1.17 bits per heavy atom. The molecule has 9 heteroatoms. The van der Waals surface area contributed by atoms with Gasteiger partial charge in [-0.15, -0.1) is 0 Å². The molecule has 24 heavy (non-hydrogen) atoms. The lowest BCUT2D eigenvalue weighted by molar-refractivity contribution is 0.0950. The van der Waals surface area contributed by atoms with Gasteiger partial charge in [-0.2, -0.15) is 0 Å². The van der Waals surface area contributed by atoms with E-state index in [4.69, 9.17) is 26.2 Å². The average Bonchev–Trinajstić information content (AvgIpc) is 2.99. The molecule has 0 radical (unpaired) electrons. The van der Waals surface area contributed by atoms with E-state index in [0.717, 1.165) is 11.6 Å². The average molecular weight is 369 g/mol. The highest BCUT2D eigenvalue weighted by Gasteiger charge is 2.17. The van der Waals surface area contributed by atoms with E-state index in [-0.39, 0.29) is 28.8 Å². The number of halogens is 1. The maximum absolute atomic E-state index is 12.3. The Bertz CT molecular complexity index is 914. The molecule has 0 fully saturated rings. The van der Waals surface area contributed by atoms with Crippen LogP contribution in [0.15, 0.2) is 41.3 Å². The van der Waals surface area contributed by atoms with Crippen molar-refractivity contribution in [2.45, 2.75) is 11.4 Å². The Kier molecular flexibility index (Phi) is 4.35. The fourth-order valence-corrected chi connectivity index (χ4v) is 2.93. The van der Waals surface area contributed by atoms with Crippen LogP contribution in [-0.2, 0) is 16.6 Å². The molecule has 0 spiro atoms. The van der Waals surface area contributed by atoms with E-state index in [1.165, 1.54) is 12.1 Å². The van der Waals surface area contributed by atoms with Crippen molar-refractivity contribution in [3.8, 4) is 11.5 Å². The normalized spacial score (nSPS) is 12.9. The van der Waals surface area contributed by atoms with Gasteiger partial charge in [0.1, 0.15) is 0 Å². The quantitative estimate of drug-likeness (QED) is 0.853. The van der Waals surface area contributed by atoms with Gasteiger partial charge in [0.05, 0.1) is 15.5 Å². The lowest BCUT2D eigenvalue weighted by atomic mass is 10.1. The predicted molar refractivity (Wildman–Crippen MR) is 86.6 cm³/mol. The molecule has 7 nitrogen and oxygen atoms in total. The van der Waals surface area contributed by atoms with Gasteiger partial charge in [-0.3, -0.25) is 4.79 Å². The van der Waals surface area contributed by atoms with Crippen molar-refractivity contribution < 1.29 is 22.7 Å². The summed E-state index contributed by atoms with van der Waals surface area (Å²) in [5, 5.41) is 7.87. The number of ether oxygens (including phenoxy) is 2. The standard InChI is InChI=1S/C15H13ClN2O5S/c16-12-3-2-10(24(17,20)21)6-11(12)15(19)18-7-9-1-4-13-14(5-9)23-8-22-13/h1-6H,7-8H2,(H,18,19)(H2,17,20,21). The number of sulfonamides is 1. The predicted octanol–water partition coefficient (Wildman–Crippen LogP) is 1.65. The van der Waals surface area contributed by atoms with E-state index in [0.29, 0.717) is 11.5 Å². The molecule has 2 aromatic rings. The molecule has 1 aliphatic rings. The third-order valence-corrected chi connectivity index (χ3v) is 4.64. The molecule has 0 aliphatic carbocycles. The molecule has 0 atom stereocenters. The second-order valence-electron chi connectivity index (χ2n) is 5.06. The molecule has 2 aromatic carbocycles. The molecule has 1 aliphatic heterocycles. The second-order valence-corrected chi connectivity index (χ2v) is 7.03. The molecule has 1 heterocycles. The van der Waals surface area contributed by atoms with Gasteiger partial charge in [0, 0.05) is 6.54 Å². The summed E-state index contributed by atoms with van der Waals surface area (Å²) in [6.07, 6.45) is 0. The fourth-order valence-electron chi connectivity index (χ4n) is 2.18. The van der Waals surface area contributed by atoms with Gasteiger partial charge in [0.2, 0.25) is 16.8 Å². The Labute approximate surface area is 143 Å². The summed E-state index contributed by atoms with van der Waals surface area (Å²) in [5.74, 6) is 0.744. The number of benzene rings is 2. The zero-order valence-corrected chi connectivity index (χ0v) is 13.9. The van der Waals surface area contributed by atoms with Crippen LogP contribution in [0, 0.1) is 0 Å². The van der Waals surface area contributed by atoms with Crippen molar-refractivity contribution in [3.05, 3.63) is 52.5 Å². The van der Waals surface area contributed by atoms with Crippen molar-refractivity contribution in [1.82, 2.24) is 5.32 Å². The number of nitrogens with one attached hydrogen (secondary N) is 1. The highest BCUT2D eigenvalue weighted by molar-refractivity contribution is 7.89. The fraction of sp³-hybridized carbons (Fsp3) is 0.133. The summed E-state index contributed by atoms with van der Waals surface area (Å²) < 4.78 is 33.2. The van der Waals surface area contributed by atoms with Crippen LogP contribution in [0.25, 0.3) is 0 Å². The van der Waals surface area contributed by atoms with Crippen LogP contribution in [0.5, 0.6) is 11.5 Å². The monoisotopic (exact) mass is 368 g/mol. The summed E-state index contributed by atoms with van der Waals surface area (Å²) in [7, 11) is -3.92. The Morgan fingerprint density at radius 2 is 1.92 bits per heavy atom. The first-order valence-electron chi connectivity index (χ1n) is 6.84. The van der Waals surface area contributed by atoms with Gasteiger partial charge in [0.25, 0.3) is 5.91 Å². The first kappa shape index (κ1) is 16.6. The number of carbonyl (C=O) groups is 1. The minimum absolute atomic E-state index is 0.0314. The minimum atomic E-state index is -3.92. The van der Waals surface area contributed by atoms with Gasteiger partial charge >= 0.3 is 0 Å². The molecular formula is C15H13ClN2O5S. The SMILES string of the molecule is NS(=O)(=O)c1ccc(Cl)c(C(=O)NCc2ccc3c(c2)OCO3)c1. The van der Waals surface area contributed by atoms with E-state index >= 15 is 0 Å². The van der Waals surface area contributed by atoms with E-state index in [9.17, 15) is 13.2 Å². The van der Waals surface area contributed by atoms with Crippen molar-refractivity contribution in [2.24, 2.45) is 5.14 Å². The Balaban J connectivity index is 1.75. The molecular weight excluding hydrogens is 356 g/mol. The van der Waals surface area contributed by atoms with Gasteiger partial charge in [0.15, 0.2) is 11.5 Å². The van der Waals surface area contributed by atoms with Crippen molar-refractivity contribution in [2.75, 3.05) is 6.79 Å². The lowest BCUT2D eigenvalue weighted by Gasteiger charge is -2.09. The number of primary sulfonamides is 1. The maximum Gasteiger partial charge on any atom is 0.253 e. The van der Waals surface area contributed by atoms with Crippen molar-refractivity contribution in [1.29, 1.82) is 0 Å². The minimum Gasteiger partial charge on any atom is -0.454 e. The number of fused-ring (bicyclic) bond motifs is 1. The summed E-state index contributed by atoms with van der Waals surface area (Å²) in [4.78, 5) is 12.1. The van der Waals surface area contributed by atoms with Crippen LogP contribution in [0.2, 0.25) is 5.02 Å². The van der Waals surface area contributed by atoms with Crippen LogP contribution < -0.4 is 19.9 Å². The highest BCUT2D eigenvalue weighted by Crippen LogP contribution is 2.32. The third kappa shape index (κ3) is 3.45. The second kappa shape index (κ2) is 6.31. The van der Waals surface area contributed by atoms with Crippen LogP contribution >= 0.6 is 11.6 Å². The molecule has 3 N–H and O–H groups in total. The van der Waals surface area contributed by atoms with Crippen LogP contribution in [0.3, 0.4) is 0 Å². The number of nitrogens with two attached hydrogens (primary N) is 1. The molecule has 0 saturated heterocycles. The number of amides is 1. The van der Waals surface area contributed by atoms with Gasteiger partial charge in [-0.1, -0.05) is 17.7 Å². The molecule has 0 saturated carbocycles. The number of carbonyl (C=O) groups excluding carboxylic acids is 1. The van der Waals surface area contributed by atoms with E-state index in [1.807, 2.05) is 0 Å². The zero-order valence-electron chi connectivity index (χ0n) is 12.3. The van der Waals surface area contributed by atoms with E-state index in [1.54, 1.807) is 18.2 Å². The third-order valence-electron chi connectivity index (χ3n) is 3.40. The zero-order chi connectivity index (χ0) is 17.3. The maximum atomic E-state index is 12.3. The van der Waals surface area contributed by atoms with Crippen molar-refractivity contribution in [3.63, 3.8) is 0 Å². The summed E-state index contributed by atoms with van der Waals surface area (Å²) in [6.45, 7) is 0.381. The highest BCUT2D eigenvalue weighted by atomic mass is 35.5. The topological polar surface area (TPSA) is 108 Å². The molecule has 0 aromatic heterocycles. The molecule has 0 unspecified atom stereocenters. The molecule has 126 valence electrons. The number of hydrogen-bond donors (Lipinski definition) is 2. The molecule has 1 amide bonds. The van der Waals surface area contributed by atoms with Gasteiger partial charge in [-0.25, -0.2) is 13.6 Å². The van der Waals surface area contributed by atoms with Crippen LogP contribution in [0.1, 0.15) is 15.9 Å². The van der Waals surface area contributed by atoms with E-state index < -0.39 is 15.9 Å². The number of hydrogen-bond acceptors (Lipinski definition) is 5.